The third-order valence-electron chi connectivity index (χ3n) is 9.60. The predicted octanol–water partition coefficient (Wildman–Crippen LogP) is 5.69. The van der Waals surface area contributed by atoms with E-state index in [0.29, 0.717) is 17.9 Å². The van der Waals surface area contributed by atoms with Crippen LogP contribution in [0.25, 0.3) is 11.0 Å². The summed E-state index contributed by atoms with van der Waals surface area (Å²) >= 11 is 0. The number of fused-ring (bicyclic) bond motifs is 1. The SMILES string of the molecule is CC1(C)OB(c2ccc3c(c2)nc(C2CCC(=O)N2c2ccc(F)c(F)c2)n3C2CCC(CC(=O)O)CC2)OC1(C)C. The van der Waals surface area contributed by atoms with Crippen LogP contribution >= 0.6 is 0 Å². The third kappa shape index (κ3) is 5.00. The normalized spacial score (nSPS) is 25.5. The molecule has 2 aromatic carbocycles. The average molecular weight is 579 g/mol. The highest BCUT2D eigenvalue weighted by atomic mass is 19.2. The summed E-state index contributed by atoms with van der Waals surface area (Å²) < 4.78 is 42.8. The molecular formula is C31H36BF2N3O5. The van der Waals surface area contributed by atoms with Crippen molar-refractivity contribution in [1.82, 2.24) is 9.55 Å². The largest absolute Gasteiger partial charge is 0.494 e. The van der Waals surface area contributed by atoms with Crippen LogP contribution in [0.3, 0.4) is 0 Å². The van der Waals surface area contributed by atoms with Crippen molar-refractivity contribution in [2.45, 2.75) is 95.9 Å². The highest BCUT2D eigenvalue weighted by Crippen LogP contribution is 2.43. The Morgan fingerprint density at radius 3 is 2.33 bits per heavy atom. The van der Waals surface area contributed by atoms with Gasteiger partial charge in [-0.3, -0.25) is 9.59 Å². The average Bonchev–Trinajstić information content (AvgIpc) is 3.55. The van der Waals surface area contributed by atoms with Crippen molar-refractivity contribution in [2.24, 2.45) is 5.92 Å². The fourth-order valence-electron chi connectivity index (χ4n) is 6.62. The number of rotatable bonds is 6. The molecule has 1 aromatic heterocycles. The lowest BCUT2D eigenvalue weighted by Crippen LogP contribution is -2.41. The van der Waals surface area contributed by atoms with Crippen LogP contribution in [-0.4, -0.2) is 44.9 Å². The molecule has 8 nitrogen and oxygen atoms in total. The smallest absolute Gasteiger partial charge is 0.481 e. The lowest BCUT2D eigenvalue weighted by Gasteiger charge is -2.32. The Labute approximate surface area is 244 Å². The van der Waals surface area contributed by atoms with Crippen LogP contribution in [0.1, 0.15) is 90.5 Å². The summed E-state index contributed by atoms with van der Waals surface area (Å²) in [5, 5.41) is 9.30. The summed E-state index contributed by atoms with van der Waals surface area (Å²) in [5.41, 5.74) is 1.76. The number of carboxylic acid groups (broad SMARTS) is 1. The Bertz CT molecular complexity index is 1530. The van der Waals surface area contributed by atoms with Gasteiger partial charge in [-0.05, 0) is 95.4 Å². The lowest BCUT2D eigenvalue weighted by atomic mass is 9.79. The molecule has 1 saturated carbocycles. The van der Waals surface area contributed by atoms with Gasteiger partial charge in [0.2, 0.25) is 5.91 Å². The van der Waals surface area contributed by atoms with Crippen molar-refractivity contribution < 1.29 is 32.8 Å². The maximum Gasteiger partial charge on any atom is 0.494 e. The molecule has 3 heterocycles. The van der Waals surface area contributed by atoms with Gasteiger partial charge in [-0.2, -0.15) is 0 Å². The molecule has 2 aliphatic heterocycles. The molecule has 3 aliphatic rings. The molecule has 222 valence electrons. The van der Waals surface area contributed by atoms with Crippen molar-refractivity contribution >= 4 is 41.2 Å². The molecule has 3 aromatic rings. The number of aliphatic carboxylic acids is 1. The van der Waals surface area contributed by atoms with Crippen LogP contribution < -0.4 is 10.4 Å². The quantitative estimate of drug-likeness (QED) is 0.378. The lowest BCUT2D eigenvalue weighted by molar-refractivity contribution is -0.138. The van der Waals surface area contributed by atoms with E-state index < -0.39 is 42.0 Å². The number of amides is 1. The molecule has 1 amide bonds. The van der Waals surface area contributed by atoms with E-state index in [-0.39, 0.29) is 30.7 Å². The molecule has 0 spiro atoms. The van der Waals surface area contributed by atoms with Crippen LogP contribution in [0.5, 0.6) is 0 Å². The van der Waals surface area contributed by atoms with E-state index in [4.69, 9.17) is 14.3 Å². The van der Waals surface area contributed by atoms with Crippen LogP contribution in [0.15, 0.2) is 36.4 Å². The number of carbonyl (C=O) groups is 2. The first-order chi connectivity index (χ1) is 19.8. The monoisotopic (exact) mass is 579 g/mol. The molecule has 42 heavy (non-hydrogen) atoms. The molecule has 1 N–H and O–H groups in total. The van der Waals surface area contributed by atoms with Gasteiger partial charge in [0.15, 0.2) is 11.6 Å². The third-order valence-corrected chi connectivity index (χ3v) is 9.60. The van der Waals surface area contributed by atoms with Gasteiger partial charge in [0.05, 0.1) is 28.3 Å². The molecule has 6 rings (SSSR count). The van der Waals surface area contributed by atoms with Gasteiger partial charge in [0, 0.05) is 30.6 Å². The first-order valence-corrected chi connectivity index (χ1v) is 14.7. The summed E-state index contributed by atoms with van der Waals surface area (Å²) in [7, 11) is -0.564. The number of nitrogens with zero attached hydrogens (tertiary/aromatic N) is 3. The summed E-state index contributed by atoms with van der Waals surface area (Å²) in [5.74, 6) is -2.13. The van der Waals surface area contributed by atoms with Crippen molar-refractivity contribution in [3.63, 3.8) is 0 Å². The van der Waals surface area contributed by atoms with E-state index >= 15 is 0 Å². The highest BCUT2D eigenvalue weighted by molar-refractivity contribution is 6.62. The fraction of sp³-hybridized carbons (Fsp3) is 0.516. The maximum absolute atomic E-state index is 14.3. The number of hydrogen-bond donors (Lipinski definition) is 1. The fourth-order valence-corrected chi connectivity index (χ4v) is 6.62. The first kappa shape index (κ1) is 28.8. The molecule has 2 saturated heterocycles. The van der Waals surface area contributed by atoms with Crippen molar-refractivity contribution in [1.29, 1.82) is 0 Å². The number of carboxylic acids is 1. The van der Waals surface area contributed by atoms with Crippen molar-refractivity contribution in [3.05, 3.63) is 53.9 Å². The van der Waals surface area contributed by atoms with Crippen LogP contribution in [0.2, 0.25) is 0 Å². The predicted molar refractivity (Wildman–Crippen MR) is 155 cm³/mol. The molecule has 1 unspecified atom stereocenters. The number of hydrogen-bond acceptors (Lipinski definition) is 5. The minimum atomic E-state index is -1.01. The van der Waals surface area contributed by atoms with Gasteiger partial charge < -0.3 is 23.9 Å². The van der Waals surface area contributed by atoms with Crippen LogP contribution in [-0.2, 0) is 18.9 Å². The van der Waals surface area contributed by atoms with Gasteiger partial charge in [0.1, 0.15) is 5.82 Å². The second kappa shape index (κ2) is 10.4. The number of anilines is 1. The molecule has 3 fully saturated rings. The Balaban J connectivity index is 1.41. The Kier molecular flexibility index (Phi) is 7.16. The zero-order valence-electron chi connectivity index (χ0n) is 24.4. The van der Waals surface area contributed by atoms with Crippen LogP contribution in [0, 0.1) is 17.6 Å². The van der Waals surface area contributed by atoms with E-state index in [9.17, 15) is 23.5 Å². The zero-order chi connectivity index (χ0) is 30.0. The molecule has 0 bridgehead atoms. The van der Waals surface area contributed by atoms with Gasteiger partial charge >= 0.3 is 13.1 Å². The zero-order valence-corrected chi connectivity index (χ0v) is 24.4. The Morgan fingerprint density at radius 2 is 1.69 bits per heavy atom. The van der Waals surface area contributed by atoms with E-state index in [1.807, 2.05) is 45.9 Å². The van der Waals surface area contributed by atoms with E-state index in [2.05, 4.69) is 4.57 Å². The Hall–Kier alpha value is -3.31. The molecule has 1 atom stereocenters. The topological polar surface area (TPSA) is 93.9 Å². The molecular weight excluding hydrogens is 543 g/mol. The summed E-state index contributed by atoms with van der Waals surface area (Å²) in [6, 6.07) is 9.07. The standard InChI is InChI=1S/C31H36BF2N3O5/c1-30(2)31(3,4)42-32(41-30)19-7-12-25-24(16-19)35-29(37(25)20-8-5-18(6-9-20)15-28(39)40)26-13-14-27(38)36(26)21-10-11-22(33)23(34)17-21/h7,10-12,16-18,20,26H,5-6,8-9,13-15H2,1-4H3,(H,39,40). The van der Waals surface area contributed by atoms with Gasteiger partial charge in [-0.15, -0.1) is 0 Å². The minimum absolute atomic E-state index is 0.0558. The molecule has 11 heteroatoms. The number of imidazole rings is 1. The second-order valence-corrected chi connectivity index (χ2v) is 12.9. The Morgan fingerprint density at radius 1 is 1.00 bits per heavy atom. The highest BCUT2D eigenvalue weighted by Gasteiger charge is 2.52. The number of halogens is 2. The van der Waals surface area contributed by atoms with Gasteiger partial charge in [-0.25, -0.2) is 13.8 Å². The van der Waals surface area contributed by atoms with Gasteiger partial charge in [-0.1, -0.05) is 6.07 Å². The molecule has 1 aliphatic carbocycles. The van der Waals surface area contributed by atoms with E-state index in [0.717, 1.165) is 54.3 Å². The number of carbonyl (C=O) groups excluding carboxylic acids is 1. The number of aromatic nitrogens is 2. The summed E-state index contributed by atoms with van der Waals surface area (Å²) in [6.07, 6.45) is 4.01. The van der Waals surface area contributed by atoms with Crippen molar-refractivity contribution in [3.8, 4) is 0 Å². The summed E-state index contributed by atoms with van der Waals surface area (Å²) in [6.45, 7) is 8.01. The van der Waals surface area contributed by atoms with Gasteiger partial charge in [0.25, 0.3) is 0 Å². The van der Waals surface area contributed by atoms with Crippen LogP contribution in [0.4, 0.5) is 14.5 Å². The minimum Gasteiger partial charge on any atom is -0.481 e. The van der Waals surface area contributed by atoms with E-state index in [1.54, 1.807) is 0 Å². The maximum atomic E-state index is 14.3. The summed E-state index contributed by atoms with van der Waals surface area (Å²) in [4.78, 5) is 31.1. The first-order valence-electron chi connectivity index (χ1n) is 14.7. The second-order valence-electron chi connectivity index (χ2n) is 12.9. The number of benzene rings is 2. The van der Waals surface area contributed by atoms with E-state index in [1.165, 1.54) is 11.0 Å². The van der Waals surface area contributed by atoms with Crippen molar-refractivity contribution in [2.75, 3.05) is 4.90 Å². The molecule has 0 radical (unpaired) electrons.